The smallest absolute Gasteiger partial charge is 0.0612 e. The van der Waals surface area contributed by atoms with Crippen molar-refractivity contribution in [2.45, 2.75) is 208 Å². The van der Waals surface area contributed by atoms with Crippen LogP contribution in [0.4, 0.5) is 0 Å². The summed E-state index contributed by atoms with van der Waals surface area (Å²) < 4.78 is 6.55. The fourth-order valence-electron chi connectivity index (χ4n) is 11.4. The lowest BCUT2D eigenvalue weighted by atomic mass is 9.47. The Kier molecular flexibility index (Phi) is 16.3. The van der Waals surface area contributed by atoms with Gasteiger partial charge in [0.1, 0.15) is 0 Å². The van der Waals surface area contributed by atoms with Gasteiger partial charge in [-0.3, -0.25) is 0 Å². The van der Waals surface area contributed by atoms with Crippen molar-refractivity contribution in [2.24, 2.45) is 46.3 Å². The van der Waals surface area contributed by atoms with Crippen LogP contribution in [0.25, 0.3) is 0 Å². The summed E-state index contributed by atoms with van der Waals surface area (Å²) in [6.45, 7) is 16.1. The monoisotopic (exact) mass is 637 g/mol. The molecule has 4 aliphatic rings. The van der Waals surface area contributed by atoms with E-state index in [2.05, 4.69) is 59.8 Å². The van der Waals surface area contributed by atoms with E-state index in [1.54, 1.807) is 5.57 Å². The predicted molar refractivity (Wildman–Crippen MR) is 202 cm³/mol. The van der Waals surface area contributed by atoms with Crippen molar-refractivity contribution in [3.05, 3.63) is 23.8 Å². The van der Waals surface area contributed by atoms with Crippen LogP contribution in [0.1, 0.15) is 202 Å². The van der Waals surface area contributed by atoms with Crippen molar-refractivity contribution in [3.63, 3.8) is 0 Å². The molecule has 8 atom stereocenters. The van der Waals surface area contributed by atoms with Gasteiger partial charge < -0.3 is 4.74 Å². The van der Waals surface area contributed by atoms with Gasteiger partial charge in [0.05, 0.1) is 6.10 Å². The molecule has 0 saturated heterocycles. The van der Waals surface area contributed by atoms with Crippen LogP contribution in [0, 0.1) is 46.3 Å². The number of unbranched alkanes of at least 4 members (excludes halogenated alkanes) is 12. The topological polar surface area (TPSA) is 9.23 Å². The Morgan fingerprint density at radius 2 is 1.41 bits per heavy atom. The van der Waals surface area contributed by atoms with E-state index < -0.39 is 0 Å². The maximum Gasteiger partial charge on any atom is 0.0612 e. The molecule has 0 aromatic carbocycles. The van der Waals surface area contributed by atoms with Crippen LogP contribution in [0.3, 0.4) is 0 Å². The van der Waals surface area contributed by atoms with E-state index in [4.69, 9.17) is 4.74 Å². The molecule has 0 aliphatic heterocycles. The largest absolute Gasteiger partial charge is 0.378 e. The van der Waals surface area contributed by atoms with Crippen LogP contribution < -0.4 is 0 Å². The van der Waals surface area contributed by atoms with E-state index in [0.717, 1.165) is 42.1 Å². The fourth-order valence-corrected chi connectivity index (χ4v) is 11.4. The average molecular weight is 637 g/mol. The van der Waals surface area contributed by atoms with Crippen molar-refractivity contribution >= 4 is 0 Å². The zero-order valence-corrected chi connectivity index (χ0v) is 32.1. The number of fused-ring (bicyclic) bond motifs is 5. The van der Waals surface area contributed by atoms with Crippen LogP contribution in [-0.4, -0.2) is 12.7 Å². The number of hydrogen-bond donors (Lipinski definition) is 0. The first-order valence-corrected chi connectivity index (χ1v) is 21.3. The number of allylic oxidation sites excluding steroid dienone is 3. The molecule has 1 heteroatoms. The third-order valence-electron chi connectivity index (χ3n) is 14.3. The first-order chi connectivity index (χ1) is 22.3. The van der Waals surface area contributed by atoms with Crippen LogP contribution >= 0.6 is 0 Å². The predicted octanol–water partition coefficient (Wildman–Crippen LogP) is 14.5. The fraction of sp³-hybridized carbons (Fsp3) is 0.911. The maximum atomic E-state index is 6.55. The molecule has 0 bridgehead atoms. The third kappa shape index (κ3) is 10.5. The van der Waals surface area contributed by atoms with Gasteiger partial charge in [-0.05, 0) is 130 Å². The molecule has 0 aromatic heterocycles. The summed E-state index contributed by atoms with van der Waals surface area (Å²) in [5.41, 5.74) is 2.85. The van der Waals surface area contributed by atoms with E-state index >= 15 is 0 Å². The Bertz CT molecular complexity index is 899. The molecule has 0 radical (unpaired) electrons. The van der Waals surface area contributed by atoms with Gasteiger partial charge in [-0.2, -0.15) is 0 Å². The molecule has 0 N–H and O–H groups in total. The lowest BCUT2D eigenvalue weighted by molar-refractivity contribution is -0.0641. The quantitative estimate of drug-likeness (QED) is 0.0848. The summed E-state index contributed by atoms with van der Waals surface area (Å²) in [6.07, 6.45) is 42.9. The van der Waals surface area contributed by atoms with Gasteiger partial charge >= 0.3 is 0 Å². The van der Waals surface area contributed by atoms with Crippen molar-refractivity contribution in [1.29, 1.82) is 0 Å². The van der Waals surface area contributed by atoms with Crippen molar-refractivity contribution in [3.8, 4) is 0 Å². The summed E-state index contributed by atoms with van der Waals surface area (Å²) in [6, 6.07) is 0. The van der Waals surface area contributed by atoms with Gasteiger partial charge in [0.25, 0.3) is 0 Å². The minimum absolute atomic E-state index is 0.453. The van der Waals surface area contributed by atoms with Crippen LogP contribution in [0.15, 0.2) is 23.8 Å². The number of ether oxygens (including phenoxy) is 1. The Hall–Kier alpha value is -0.560. The highest BCUT2D eigenvalue weighted by molar-refractivity contribution is 5.25. The van der Waals surface area contributed by atoms with Gasteiger partial charge in [0.2, 0.25) is 0 Å². The molecule has 4 rings (SSSR count). The van der Waals surface area contributed by atoms with Crippen LogP contribution in [0.2, 0.25) is 0 Å². The second kappa shape index (κ2) is 19.6. The SMILES string of the molecule is CCCCCCCC/C=C\CCCCCCCCO[C@H]1CC[C@]2(C)C(=CC[C@H]3[C@@H]4CC[C@H]([C@H](C)CCCC(C)C)[C@]4(C)CC[C@@H]32)C1. The first-order valence-electron chi connectivity index (χ1n) is 21.3. The third-order valence-corrected chi connectivity index (χ3v) is 14.3. The summed E-state index contributed by atoms with van der Waals surface area (Å²) in [7, 11) is 0. The van der Waals surface area contributed by atoms with Gasteiger partial charge in [0.15, 0.2) is 0 Å². The lowest BCUT2D eigenvalue weighted by Crippen LogP contribution is -2.51. The van der Waals surface area contributed by atoms with Crippen LogP contribution in [0.5, 0.6) is 0 Å². The molecular formula is C45H80O. The average Bonchev–Trinajstić information content (AvgIpc) is 3.39. The highest BCUT2D eigenvalue weighted by Crippen LogP contribution is 2.67. The van der Waals surface area contributed by atoms with E-state index in [9.17, 15) is 0 Å². The second-order valence-corrected chi connectivity index (χ2v) is 18.0. The zero-order chi connectivity index (χ0) is 32.8. The summed E-state index contributed by atoms with van der Waals surface area (Å²) in [4.78, 5) is 0. The molecule has 0 spiro atoms. The highest BCUT2D eigenvalue weighted by atomic mass is 16.5. The molecule has 4 aliphatic carbocycles. The van der Waals surface area contributed by atoms with Gasteiger partial charge in [-0.25, -0.2) is 0 Å². The zero-order valence-electron chi connectivity index (χ0n) is 32.1. The molecule has 0 aromatic rings. The standard InChI is InChI=1S/C45H80O/c1-7-8-9-10-11-12-13-14-15-16-17-18-19-20-21-22-34-46-39-30-32-44(5)38(35-39)26-27-40-42-29-28-41(37(4)25-23-24-36(2)3)45(42,6)33-31-43(40)44/h14-15,26,36-37,39-43H,7-13,16-25,27-35H2,1-6H3/b15-14-/t37-,39+,40+,41-,42+,43+,44-,45+/m1/s1. The first kappa shape index (κ1) is 38.2. The molecule has 46 heavy (non-hydrogen) atoms. The Balaban J connectivity index is 1.09. The molecule has 1 nitrogen and oxygen atoms in total. The van der Waals surface area contributed by atoms with Gasteiger partial charge in [-0.15, -0.1) is 0 Å². The van der Waals surface area contributed by atoms with Crippen LogP contribution in [-0.2, 0) is 4.74 Å². The second-order valence-electron chi connectivity index (χ2n) is 18.0. The summed E-state index contributed by atoms with van der Waals surface area (Å²) >= 11 is 0. The molecule has 3 saturated carbocycles. The van der Waals surface area contributed by atoms with E-state index in [0.29, 0.717) is 16.9 Å². The number of rotatable bonds is 22. The highest BCUT2D eigenvalue weighted by Gasteiger charge is 2.59. The number of hydrogen-bond acceptors (Lipinski definition) is 1. The van der Waals surface area contributed by atoms with E-state index in [1.165, 1.54) is 161 Å². The Morgan fingerprint density at radius 1 is 0.739 bits per heavy atom. The molecule has 266 valence electrons. The lowest BCUT2D eigenvalue weighted by Gasteiger charge is -2.58. The van der Waals surface area contributed by atoms with E-state index in [1.807, 2.05) is 0 Å². The molecular weight excluding hydrogens is 556 g/mol. The summed E-state index contributed by atoms with van der Waals surface area (Å²) in [5.74, 6) is 5.58. The van der Waals surface area contributed by atoms with Crippen molar-refractivity contribution in [1.82, 2.24) is 0 Å². The minimum atomic E-state index is 0.453. The van der Waals surface area contributed by atoms with E-state index in [-0.39, 0.29) is 0 Å². The molecule has 0 unspecified atom stereocenters. The van der Waals surface area contributed by atoms with Crippen molar-refractivity contribution in [2.75, 3.05) is 6.61 Å². The molecule has 0 heterocycles. The molecule has 0 amide bonds. The molecule has 3 fully saturated rings. The maximum absolute atomic E-state index is 6.55. The Morgan fingerprint density at radius 3 is 2.11 bits per heavy atom. The normalized spacial score (nSPS) is 33.2. The van der Waals surface area contributed by atoms with Gasteiger partial charge in [-0.1, -0.05) is 142 Å². The van der Waals surface area contributed by atoms with Crippen molar-refractivity contribution < 1.29 is 4.74 Å². The van der Waals surface area contributed by atoms with Gasteiger partial charge in [0, 0.05) is 6.61 Å². The minimum Gasteiger partial charge on any atom is -0.378 e. The summed E-state index contributed by atoms with van der Waals surface area (Å²) in [5, 5.41) is 0. The Labute approximate surface area is 289 Å².